The van der Waals surface area contributed by atoms with E-state index in [0.29, 0.717) is 35.6 Å². The zero-order valence-electron chi connectivity index (χ0n) is 9.71. The summed E-state index contributed by atoms with van der Waals surface area (Å²) >= 11 is 5.77. The third-order valence-electron chi connectivity index (χ3n) is 2.95. The van der Waals surface area contributed by atoms with Crippen molar-refractivity contribution in [2.24, 2.45) is 0 Å². The molecule has 0 saturated heterocycles. The molecular weight excluding hydrogens is 252 g/mol. The zero-order chi connectivity index (χ0) is 13.1. The first-order valence-corrected chi connectivity index (χ1v) is 6.05. The summed E-state index contributed by atoms with van der Waals surface area (Å²) < 4.78 is 0. The van der Waals surface area contributed by atoms with Crippen LogP contribution in [0.1, 0.15) is 16.8 Å². The van der Waals surface area contributed by atoms with E-state index < -0.39 is 7.12 Å². The number of hydrogen-bond acceptors (Lipinski definition) is 3. The van der Waals surface area contributed by atoms with Gasteiger partial charge in [0.15, 0.2) is 0 Å². The Morgan fingerprint density at radius 3 is 2.44 bits per heavy atom. The zero-order valence-corrected chi connectivity index (χ0v) is 10.5. The number of hydrogen-bond donors (Lipinski definition) is 2. The Bertz CT molecular complexity index is 473. The van der Waals surface area contributed by atoms with Crippen LogP contribution >= 0.6 is 11.6 Å². The Morgan fingerprint density at radius 2 is 1.94 bits per heavy atom. The third-order valence-corrected chi connectivity index (χ3v) is 3.21. The predicted molar refractivity (Wildman–Crippen MR) is 70.2 cm³/mol. The van der Waals surface area contributed by atoms with Gasteiger partial charge in [0, 0.05) is 23.7 Å². The van der Waals surface area contributed by atoms with Gasteiger partial charge in [0.1, 0.15) is 0 Å². The molecule has 0 unspecified atom stereocenters. The molecule has 0 bridgehead atoms. The fraction of sp³-hybridized carbons (Fsp3) is 0.250. The summed E-state index contributed by atoms with van der Waals surface area (Å²) in [6, 6.07) is 6.73. The second kappa shape index (κ2) is 5.56. The smallest absolute Gasteiger partial charge is 0.423 e. The molecule has 6 heteroatoms. The van der Waals surface area contributed by atoms with Gasteiger partial charge in [0.2, 0.25) is 0 Å². The van der Waals surface area contributed by atoms with E-state index in [1.165, 1.54) is 0 Å². The van der Waals surface area contributed by atoms with Crippen LogP contribution in [0.5, 0.6) is 0 Å². The number of nitrogens with zero attached hydrogens (tertiary/aromatic N) is 1. The summed E-state index contributed by atoms with van der Waals surface area (Å²) in [4.78, 5) is 13.8. The first kappa shape index (κ1) is 13.1. The summed E-state index contributed by atoms with van der Waals surface area (Å²) in [7, 11) is -1.42. The molecule has 0 saturated carbocycles. The van der Waals surface area contributed by atoms with Crippen molar-refractivity contribution in [2.45, 2.75) is 6.42 Å². The van der Waals surface area contributed by atoms with Gasteiger partial charge in [0.05, 0.1) is 0 Å². The van der Waals surface area contributed by atoms with E-state index in [1.54, 1.807) is 35.2 Å². The van der Waals surface area contributed by atoms with Gasteiger partial charge in [-0.2, -0.15) is 0 Å². The van der Waals surface area contributed by atoms with Crippen molar-refractivity contribution >= 4 is 24.6 Å². The van der Waals surface area contributed by atoms with Gasteiger partial charge in [-0.05, 0) is 36.2 Å². The second-order valence-corrected chi connectivity index (χ2v) is 4.60. The lowest BCUT2D eigenvalue weighted by atomic mass is 9.76. The number of amides is 1. The standard InChI is InChI=1S/C12H13BClNO3/c14-11-3-1-9(2-4-11)12(16)15-7-5-10(6-8-15)13(17)18/h1-5,17-18H,6-8H2. The molecule has 0 aromatic heterocycles. The summed E-state index contributed by atoms with van der Waals surface area (Å²) in [5.41, 5.74) is 1.15. The van der Waals surface area contributed by atoms with Crippen molar-refractivity contribution in [3.05, 3.63) is 46.4 Å². The third kappa shape index (κ3) is 2.93. The van der Waals surface area contributed by atoms with E-state index in [1.807, 2.05) is 0 Å². The van der Waals surface area contributed by atoms with E-state index >= 15 is 0 Å². The second-order valence-electron chi connectivity index (χ2n) is 4.16. The topological polar surface area (TPSA) is 60.8 Å². The quantitative estimate of drug-likeness (QED) is 0.788. The van der Waals surface area contributed by atoms with E-state index in [-0.39, 0.29) is 5.91 Å². The van der Waals surface area contributed by atoms with Crippen molar-refractivity contribution in [1.82, 2.24) is 4.90 Å². The average Bonchev–Trinajstić information content (AvgIpc) is 2.39. The Hall–Kier alpha value is -1.30. The monoisotopic (exact) mass is 265 g/mol. The van der Waals surface area contributed by atoms with E-state index in [4.69, 9.17) is 21.6 Å². The lowest BCUT2D eigenvalue weighted by Gasteiger charge is -2.26. The van der Waals surface area contributed by atoms with E-state index in [9.17, 15) is 4.79 Å². The number of carbonyl (C=O) groups is 1. The molecule has 1 heterocycles. The molecule has 2 N–H and O–H groups in total. The molecule has 1 aliphatic rings. The molecule has 94 valence electrons. The molecule has 1 aliphatic heterocycles. The van der Waals surface area contributed by atoms with Crippen LogP contribution < -0.4 is 0 Å². The highest BCUT2D eigenvalue weighted by atomic mass is 35.5. The lowest BCUT2D eigenvalue weighted by Crippen LogP contribution is -2.37. The highest BCUT2D eigenvalue weighted by molar-refractivity contribution is 6.50. The minimum absolute atomic E-state index is 0.0746. The molecule has 0 spiro atoms. The van der Waals surface area contributed by atoms with E-state index in [2.05, 4.69) is 0 Å². The van der Waals surface area contributed by atoms with Crippen molar-refractivity contribution in [2.75, 3.05) is 13.1 Å². The van der Waals surface area contributed by atoms with Crippen molar-refractivity contribution < 1.29 is 14.8 Å². The Labute approximate surface area is 111 Å². The van der Waals surface area contributed by atoms with Crippen LogP contribution in [0.3, 0.4) is 0 Å². The summed E-state index contributed by atoms with van der Waals surface area (Å²) in [5.74, 6) is -0.0746. The molecule has 18 heavy (non-hydrogen) atoms. The minimum atomic E-state index is -1.42. The highest BCUT2D eigenvalue weighted by Crippen LogP contribution is 2.16. The molecule has 0 aliphatic carbocycles. The number of carbonyl (C=O) groups excluding carboxylic acids is 1. The first-order chi connectivity index (χ1) is 8.58. The van der Waals surface area contributed by atoms with Gasteiger partial charge >= 0.3 is 7.12 Å². The molecule has 2 rings (SSSR count). The minimum Gasteiger partial charge on any atom is -0.423 e. The van der Waals surface area contributed by atoms with E-state index in [0.717, 1.165) is 0 Å². The number of rotatable bonds is 2. The summed E-state index contributed by atoms with van der Waals surface area (Å²) in [5, 5.41) is 18.6. The molecule has 1 aromatic rings. The fourth-order valence-corrected chi connectivity index (χ4v) is 2.00. The normalized spacial score (nSPS) is 15.3. The van der Waals surface area contributed by atoms with Gasteiger partial charge < -0.3 is 14.9 Å². The largest absolute Gasteiger partial charge is 0.483 e. The molecule has 0 atom stereocenters. The molecule has 1 amide bonds. The summed E-state index contributed by atoms with van der Waals surface area (Å²) in [6.07, 6.45) is 2.17. The lowest BCUT2D eigenvalue weighted by molar-refractivity contribution is 0.0769. The maximum atomic E-state index is 12.1. The van der Waals surface area contributed by atoms with Crippen LogP contribution in [-0.4, -0.2) is 41.1 Å². The molecule has 0 radical (unpaired) electrons. The van der Waals surface area contributed by atoms with Gasteiger partial charge in [-0.15, -0.1) is 0 Å². The maximum Gasteiger partial charge on any atom is 0.483 e. The Morgan fingerprint density at radius 1 is 1.28 bits per heavy atom. The first-order valence-electron chi connectivity index (χ1n) is 5.68. The summed E-state index contributed by atoms with van der Waals surface area (Å²) in [6.45, 7) is 0.888. The fourth-order valence-electron chi connectivity index (χ4n) is 1.88. The van der Waals surface area contributed by atoms with Crippen molar-refractivity contribution in [1.29, 1.82) is 0 Å². The SMILES string of the molecule is O=C(c1ccc(Cl)cc1)N1CC=C(B(O)O)CC1. The van der Waals surface area contributed by atoms with Crippen LogP contribution in [0.2, 0.25) is 5.02 Å². The van der Waals surface area contributed by atoms with Gasteiger partial charge in [-0.3, -0.25) is 4.79 Å². The maximum absolute atomic E-state index is 12.1. The van der Waals surface area contributed by atoms with Gasteiger partial charge in [-0.1, -0.05) is 17.7 Å². The van der Waals surface area contributed by atoms with Gasteiger partial charge in [0.25, 0.3) is 5.91 Å². The molecule has 4 nitrogen and oxygen atoms in total. The molecule has 0 fully saturated rings. The van der Waals surface area contributed by atoms with Crippen LogP contribution in [-0.2, 0) is 0 Å². The molecule has 1 aromatic carbocycles. The molecular formula is C12H13BClNO3. The highest BCUT2D eigenvalue weighted by Gasteiger charge is 2.23. The van der Waals surface area contributed by atoms with Gasteiger partial charge in [-0.25, -0.2) is 0 Å². The van der Waals surface area contributed by atoms with Crippen molar-refractivity contribution in [3.8, 4) is 0 Å². The van der Waals surface area contributed by atoms with Crippen LogP contribution in [0, 0.1) is 0 Å². The number of halogens is 1. The van der Waals surface area contributed by atoms with Crippen LogP contribution in [0.15, 0.2) is 35.8 Å². The predicted octanol–water partition coefficient (Wildman–Crippen LogP) is 1.12. The Kier molecular flexibility index (Phi) is 4.06. The number of benzene rings is 1. The van der Waals surface area contributed by atoms with Crippen molar-refractivity contribution in [3.63, 3.8) is 0 Å². The van der Waals surface area contributed by atoms with Crippen LogP contribution in [0.25, 0.3) is 0 Å². The average molecular weight is 266 g/mol. The Balaban J connectivity index is 2.06. The van der Waals surface area contributed by atoms with Crippen LogP contribution in [0.4, 0.5) is 0 Å².